The summed E-state index contributed by atoms with van der Waals surface area (Å²) in [7, 11) is 0. The van der Waals surface area contributed by atoms with Crippen LogP contribution < -0.4 is 5.32 Å². The fraction of sp³-hybridized carbons (Fsp3) is 0.529. The van der Waals surface area contributed by atoms with Crippen molar-refractivity contribution in [3.05, 3.63) is 36.0 Å². The number of aryl methyl sites for hydroxylation is 2. The topological polar surface area (TPSA) is 17.0 Å². The van der Waals surface area contributed by atoms with Crippen molar-refractivity contribution in [1.29, 1.82) is 0 Å². The van der Waals surface area contributed by atoms with Gasteiger partial charge in [0.25, 0.3) is 0 Å². The summed E-state index contributed by atoms with van der Waals surface area (Å²) >= 11 is 0. The second kappa shape index (κ2) is 5.79. The van der Waals surface area contributed by atoms with E-state index in [0.717, 1.165) is 19.1 Å². The van der Waals surface area contributed by atoms with Gasteiger partial charge in [0.1, 0.15) is 0 Å². The van der Waals surface area contributed by atoms with Crippen molar-refractivity contribution in [2.24, 2.45) is 0 Å². The van der Waals surface area contributed by atoms with E-state index in [0.29, 0.717) is 0 Å². The molecule has 1 fully saturated rings. The lowest BCUT2D eigenvalue weighted by Gasteiger charge is -2.12. The molecule has 2 heteroatoms. The van der Waals surface area contributed by atoms with Gasteiger partial charge in [-0.25, -0.2) is 0 Å². The van der Waals surface area contributed by atoms with Crippen LogP contribution in [0.3, 0.4) is 0 Å². The molecule has 1 aliphatic carbocycles. The molecule has 0 bridgehead atoms. The molecule has 0 unspecified atom stereocenters. The largest absolute Gasteiger partial charge is 0.347 e. The maximum absolute atomic E-state index is 3.69. The molecule has 1 aromatic heterocycles. The van der Waals surface area contributed by atoms with Gasteiger partial charge in [-0.15, -0.1) is 0 Å². The lowest BCUT2D eigenvalue weighted by molar-refractivity contribution is 0.498. The van der Waals surface area contributed by atoms with Crippen LogP contribution in [0.1, 0.15) is 37.7 Å². The highest BCUT2D eigenvalue weighted by atomic mass is 15.0. The number of fused-ring (bicyclic) bond motifs is 1. The third kappa shape index (κ3) is 3.01. The summed E-state index contributed by atoms with van der Waals surface area (Å²) in [5.41, 5.74) is 2.72. The van der Waals surface area contributed by atoms with Crippen LogP contribution in [0.2, 0.25) is 0 Å². The maximum atomic E-state index is 3.69. The SMILES string of the molecule is Cc1ccc2ccn(CCCNC3CCCC3)c2c1. The van der Waals surface area contributed by atoms with Gasteiger partial charge in [-0.1, -0.05) is 25.0 Å². The molecule has 19 heavy (non-hydrogen) atoms. The molecule has 0 radical (unpaired) electrons. The monoisotopic (exact) mass is 256 g/mol. The minimum absolute atomic E-state index is 0.795. The van der Waals surface area contributed by atoms with Gasteiger partial charge in [-0.3, -0.25) is 0 Å². The fourth-order valence-electron chi connectivity index (χ4n) is 3.17. The minimum Gasteiger partial charge on any atom is -0.347 e. The maximum Gasteiger partial charge on any atom is 0.0482 e. The second-order valence-corrected chi connectivity index (χ2v) is 5.86. The van der Waals surface area contributed by atoms with Crippen molar-refractivity contribution in [3.8, 4) is 0 Å². The van der Waals surface area contributed by atoms with E-state index in [-0.39, 0.29) is 0 Å². The Morgan fingerprint density at radius 1 is 1.21 bits per heavy atom. The summed E-state index contributed by atoms with van der Waals surface area (Å²) in [6.07, 6.45) is 9.03. The molecule has 1 N–H and O–H groups in total. The zero-order valence-electron chi connectivity index (χ0n) is 11.9. The van der Waals surface area contributed by atoms with Crippen molar-refractivity contribution in [2.75, 3.05) is 6.54 Å². The van der Waals surface area contributed by atoms with Crippen LogP contribution in [0, 0.1) is 6.92 Å². The van der Waals surface area contributed by atoms with Gasteiger partial charge in [0.05, 0.1) is 0 Å². The zero-order valence-corrected chi connectivity index (χ0v) is 11.9. The molecule has 0 aliphatic heterocycles. The summed E-state index contributed by atoms with van der Waals surface area (Å²) < 4.78 is 2.39. The zero-order chi connectivity index (χ0) is 13.1. The lowest BCUT2D eigenvalue weighted by Crippen LogP contribution is -2.27. The summed E-state index contributed by atoms with van der Waals surface area (Å²) in [5, 5.41) is 5.05. The van der Waals surface area contributed by atoms with E-state index in [2.05, 4.69) is 47.3 Å². The molecule has 3 rings (SSSR count). The molecule has 2 aromatic rings. The third-order valence-electron chi connectivity index (χ3n) is 4.29. The molecule has 1 aliphatic rings. The van der Waals surface area contributed by atoms with Crippen LogP contribution in [-0.4, -0.2) is 17.2 Å². The standard InChI is InChI=1S/C17H24N2/c1-14-7-8-15-9-12-19(17(15)13-14)11-4-10-18-16-5-2-3-6-16/h7-9,12-13,16,18H,2-6,10-11H2,1H3. The van der Waals surface area contributed by atoms with Gasteiger partial charge < -0.3 is 9.88 Å². The van der Waals surface area contributed by atoms with E-state index in [4.69, 9.17) is 0 Å². The van der Waals surface area contributed by atoms with Crippen LogP contribution in [0.15, 0.2) is 30.5 Å². The van der Waals surface area contributed by atoms with Gasteiger partial charge in [0, 0.05) is 24.3 Å². The van der Waals surface area contributed by atoms with E-state index in [1.807, 2.05) is 0 Å². The van der Waals surface area contributed by atoms with Crippen LogP contribution in [0.4, 0.5) is 0 Å². The molecular formula is C17H24N2. The first-order chi connectivity index (χ1) is 9.33. The van der Waals surface area contributed by atoms with Crippen LogP contribution in [0.5, 0.6) is 0 Å². The average molecular weight is 256 g/mol. The first kappa shape index (κ1) is 12.7. The number of rotatable bonds is 5. The summed E-state index contributed by atoms with van der Waals surface area (Å²) in [6, 6.07) is 9.72. The molecule has 2 nitrogen and oxygen atoms in total. The Balaban J connectivity index is 1.54. The number of nitrogens with zero attached hydrogens (tertiary/aromatic N) is 1. The van der Waals surface area contributed by atoms with E-state index in [1.54, 1.807) is 0 Å². The van der Waals surface area contributed by atoms with Crippen LogP contribution in [0.25, 0.3) is 10.9 Å². The molecular weight excluding hydrogens is 232 g/mol. The smallest absolute Gasteiger partial charge is 0.0482 e. The molecule has 1 heterocycles. The number of aromatic nitrogens is 1. The van der Waals surface area contributed by atoms with Crippen molar-refractivity contribution in [2.45, 2.75) is 51.6 Å². The van der Waals surface area contributed by atoms with E-state index in [1.165, 1.54) is 48.6 Å². The molecule has 0 saturated heterocycles. The molecule has 102 valence electrons. The Bertz CT molecular complexity index is 535. The highest BCUT2D eigenvalue weighted by Gasteiger charge is 2.13. The second-order valence-electron chi connectivity index (χ2n) is 5.86. The quantitative estimate of drug-likeness (QED) is 0.804. The number of nitrogens with one attached hydrogen (secondary N) is 1. The highest BCUT2D eigenvalue weighted by Crippen LogP contribution is 2.19. The molecule has 0 spiro atoms. The van der Waals surface area contributed by atoms with Crippen LogP contribution >= 0.6 is 0 Å². The number of hydrogen-bond donors (Lipinski definition) is 1. The normalized spacial score (nSPS) is 16.5. The summed E-state index contributed by atoms with van der Waals surface area (Å²) in [6.45, 7) is 4.43. The van der Waals surface area contributed by atoms with Crippen molar-refractivity contribution in [1.82, 2.24) is 9.88 Å². The van der Waals surface area contributed by atoms with Gasteiger partial charge in [0.15, 0.2) is 0 Å². The minimum atomic E-state index is 0.795. The first-order valence-electron chi connectivity index (χ1n) is 7.62. The lowest BCUT2D eigenvalue weighted by atomic mass is 10.2. The van der Waals surface area contributed by atoms with Gasteiger partial charge in [0.2, 0.25) is 0 Å². The van der Waals surface area contributed by atoms with Gasteiger partial charge in [-0.2, -0.15) is 0 Å². The van der Waals surface area contributed by atoms with Crippen molar-refractivity contribution < 1.29 is 0 Å². The Kier molecular flexibility index (Phi) is 3.88. The van der Waals surface area contributed by atoms with Gasteiger partial charge >= 0.3 is 0 Å². The number of benzene rings is 1. The molecule has 0 amide bonds. The molecule has 1 aromatic carbocycles. The number of hydrogen-bond acceptors (Lipinski definition) is 1. The Hall–Kier alpha value is -1.28. The average Bonchev–Trinajstić information content (AvgIpc) is 3.04. The predicted octanol–water partition coefficient (Wildman–Crippen LogP) is 3.87. The van der Waals surface area contributed by atoms with E-state index in [9.17, 15) is 0 Å². The highest BCUT2D eigenvalue weighted by molar-refractivity contribution is 5.80. The van der Waals surface area contributed by atoms with Gasteiger partial charge in [-0.05, 0) is 55.8 Å². The third-order valence-corrected chi connectivity index (χ3v) is 4.29. The summed E-state index contributed by atoms with van der Waals surface area (Å²) in [5.74, 6) is 0. The van der Waals surface area contributed by atoms with E-state index >= 15 is 0 Å². The Labute approximate surface area is 115 Å². The van der Waals surface area contributed by atoms with E-state index < -0.39 is 0 Å². The summed E-state index contributed by atoms with van der Waals surface area (Å²) in [4.78, 5) is 0. The van der Waals surface area contributed by atoms with Crippen molar-refractivity contribution >= 4 is 10.9 Å². The van der Waals surface area contributed by atoms with Crippen LogP contribution in [-0.2, 0) is 6.54 Å². The molecule has 0 atom stereocenters. The predicted molar refractivity (Wildman–Crippen MR) is 81.6 cm³/mol. The Morgan fingerprint density at radius 3 is 2.89 bits per heavy atom. The fourth-order valence-corrected chi connectivity index (χ4v) is 3.17. The molecule has 1 saturated carbocycles. The Morgan fingerprint density at radius 2 is 2.05 bits per heavy atom. The first-order valence-corrected chi connectivity index (χ1v) is 7.62. The van der Waals surface area contributed by atoms with Crippen molar-refractivity contribution in [3.63, 3.8) is 0 Å².